The zero-order chi connectivity index (χ0) is 35.4. The van der Waals surface area contributed by atoms with Gasteiger partial charge in [0, 0.05) is 17.1 Å². The Bertz CT molecular complexity index is 2650. The average Bonchev–Trinajstić information content (AvgIpc) is 3.25. The van der Waals surface area contributed by atoms with Gasteiger partial charge in [-0.15, -0.1) is 0 Å². The van der Waals surface area contributed by atoms with Gasteiger partial charge in [-0.2, -0.15) is 0 Å². The second-order valence-electron chi connectivity index (χ2n) is 13.4. The number of benzene rings is 9. The molecule has 0 aliphatic heterocycles. The van der Waals surface area contributed by atoms with E-state index in [4.69, 9.17) is 0 Å². The molecule has 9 rings (SSSR count). The lowest BCUT2D eigenvalue weighted by Crippen LogP contribution is -2.10. The summed E-state index contributed by atoms with van der Waals surface area (Å²) in [6.07, 6.45) is 0. The average molecular weight is 676 g/mol. The molecule has 0 N–H and O–H groups in total. The van der Waals surface area contributed by atoms with E-state index < -0.39 is 0 Å². The summed E-state index contributed by atoms with van der Waals surface area (Å²) in [6, 6.07) is 80.8. The third-order valence-corrected chi connectivity index (χ3v) is 10.1. The first kappa shape index (κ1) is 32.0. The molecule has 1 nitrogen and oxygen atoms in total. The van der Waals surface area contributed by atoms with Crippen LogP contribution in [0.5, 0.6) is 0 Å². The minimum atomic E-state index is 1.09. The van der Waals surface area contributed by atoms with Crippen LogP contribution in [0.3, 0.4) is 0 Å². The zero-order valence-electron chi connectivity index (χ0n) is 29.3. The van der Waals surface area contributed by atoms with Gasteiger partial charge in [0.1, 0.15) is 0 Å². The highest BCUT2D eigenvalue weighted by molar-refractivity contribution is 5.97. The van der Waals surface area contributed by atoms with Crippen LogP contribution in [0.15, 0.2) is 224 Å². The van der Waals surface area contributed by atoms with Crippen molar-refractivity contribution in [2.75, 3.05) is 4.90 Å². The van der Waals surface area contributed by atoms with Gasteiger partial charge in [0.25, 0.3) is 0 Å². The highest BCUT2D eigenvalue weighted by atomic mass is 15.1. The SMILES string of the molecule is c1ccc(-c2cccc(-c3ccc(N(c4cccc(-c5ccccc5-c5ccccc5)c4)c4cccc(-c5cccc6ccccc56)c4)cc3)c2)cc1. The topological polar surface area (TPSA) is 3.24 Å². The minimum Gasteiger partial charge on any atom is -0.310 e. The largest absolute Gasteiger partial charge is 0.310 e. The second-order valence-corrected chi connectivity index (χ2v) is 13.4. The lowest BCUT2D eigenvalue weighted by molar-refractivity contribution is 1.28. The number of anilines is 3. The molecule has 1 heteroatoms. The number of rotatable bonds is 8. The highest BCUT2D eigenvalue weighted by Crippen LogP contribution is 2.41. The summed E-state index contributed by atoms with van der Waals surface area (Å²) in [7, 11) is 0. The van der Waals surface area contributed by atoms with Gasteiger partial charge >= 0.3 is 0 Å². The first-order valence-corrected chi connectivity index (χ1v) is 18.2. The molecule has 0 spiro atoms. The lowest BCUT2D eigenvalue weighted by atomic mass is 9.94. The molecule has 0 saturated heterocycles. The third-order valence-electron chi connectivity index (χ3n) is 10.1. The fraction of sp³-hybridized carbons (Fsp3) is 0. The summed E-state index contributed by atoms with van der Waals surface area (Å²) in [5.41, 5.74) is 15.3. The molecule has 0 heterocycles. The van der Waals surface area contributed by atoms with Crippen LogP contribution in [-0.4, -0.2) is 0 Å². The maximum Gasteiger partial charge on any atom is 0.0467 e. The van der Waals surface area contributed by atoms with E-state index in [0.29, 0.717) is 0 Å². The van der Waals surface area contributed by atoms with E-state index in [1.54, 1.807) is 0 Å². The van der Waals surface area contributed by atoms with Crippen LogP contribution < -0.4 is 4.90 Å². The van der Waals surface area contributed by atoms with Crippen LogP contribution in [0.2, 0.25) is 0 Å². The normalized spacial score (nSPS) is 11.0. The van der Waals surface area contributed by atoms with Gasteiger partial charge in [0.2, 0.25) is 0 Å². The molecule has 0 amide bonds. The van der Waals surface area contributed by atoms with E-state index >= 15 is 0 Å². The summed E-state index contributed by atoms with van der Waals surface area (Å²) < 4.78 is 0. The Kier molecular flexibility index (Phi) is 8.66. The fourth-order valence-electron chi connectivity index (χ4n) is 7.47. The van der Waals surface area contributed by atoms with Gasteiger partial charge in [-0.3, -0.25) is 0 Å². The van der Waals surface area contributed by atoms with Crippen molar-refractivity contribution in [1.29, 1.82) is 0 Å². The van der Waals surface area contributed by atoms with Gasteiger partial charge in [-0.05, 0) is 109 Å². The van der Waals surface area contributed by atoms with Crippen LogP contribution in [-0.2, 0) is 0 Å². The number of hydrogen-bond acceptors (Lipinski definition) is 1. The van der Waals surface area contributed by atoms with Gasteiger partial charge < -0.3 is 4.90 Å². The molecule has 250 valence electrons. The van der Waals surface area contributed by atoms with Gasteiger partial charge in [0.15, 0.2) is 0 Å². The Labute approximate surface area is 311 Å². The molecule has 0 radical (unpaired) electrons. The number of hydrogen-bond donors (Lipinski definition) is 0. The zero-order valence-corrected chi connectivity index (χ0v) is 29.3. The van der Waals surface area contributed by atoms with Crippen LogP contribution in [0.25, 0.3) is 66.4 Å². The molecule has 9 aromatic rings. The molecule has 0 atom stereocenters. The van der Waals surface area contributed by atoms with Crippen molar-refractivity contribution in [2.24, 2.45) is 0 Å². The Morgan fingerprint density at radius 3 is 1.34 bits per heavy atom. The van der Waals surface area contributed by atoms with Gasteiger partial charge in [0.05, 0.1) is 0 Å². The summed E-state index contributed by atoms with van der Waals surface area (Å²) in [5, 5.41) is 2.49. The smallest absolute Gasteiger partial charge is 0.0467 e. The Hall–Kier alpha value is -6.96. The molecule has 0 saturated carbocycles. The Morgan fingerprint density at radius 2 is 0.660 bits per heavy atom. The van der Waals surface area contributed by atoms with E-state index in [-0.39, 0.29) is 0 Å². The van der Waals surface area contributed by atoms with Crippen molar-refractivity contribution in [3.63, 3.8) is 0 Å². The number of fused-ring (bicyclic) bond motifs is 1. The molecular formula is C52H37N. The van der Waals surface area contributed by atoms with Gasteiger partial charge in [-0.25, -0.2) is 0 Å². The van der Waals surface area contributed by atoms with Crippen molar-refractivity contribution in [3.8, 4) is 55.6 Å². The number of nitrogens with zero attached hydrogens (tertiary/aromatic N) is 1. The Morgan fingerprint density at radius 1 is 0.226 bits per heavy atom. The maximum absolute atomic E-state index is 2.38. The van der Waals surface area contributed by atoms with Crippen LogP contribution in [0.4, 0.5) is 17.1 Å². The van der Waals surface area contributed by atoms with E-state index in [1.165, 1.54) is 66.4 Å². The third kappa shape index (κ3) is 6.53. The standard InChI is InChI=1S/C52H37N/c1-3-15-38(16-4-1)42-21-11-22-43(35-42)39-31-33-46(34-32-39)53(48-26-13-24-45(37-48)52-30-14-20-41-19-7-8-27-50(41)52)47-25-12-23-44(36-47)51-29-10-9-28-49(51)40-17-5-2-6-18-40/h1-37H. The first-order chi connectivity index (χ1) is 26.3. The maximum atomic E-state index is 2.38. The quantitative estimate of drug-likeness (QED) is 0.155. The van der Waals surface area contributed by atoms with Crippen molar-refractivity contribution in [2.45, 2.75) is 0 Å². The summed E-state index contributed by atoms with van der Waals surface area (Å²) in [6.45, 7) is 0. The van der Waals surface area contributed by atoms with Crippen LogP contribution in [0.1, 0.15) is 0 Å². The molecule has 0 aliphatic rings. The molecular weight excluding hydrogens is 639 g/mol. The summed E-state index contributed by atoms with van der Waals surface area (Å²) in [4.78, 5) is 2.38. The van der Waals surface area contributed by atoms with Crippen molar-refractivity contribution < 1.29 is 0 Å². The van der Waals surface area contributed by atoms with E-state index in [9.17, 15) is 0 Å². The predicted molar refractivity (Wildman–Crippen MR) is 226 cm³/mol. The summed E-state index contributed by atoms with van der Waals surface area (Å²) in [5.74, 6) is 0. The summed E-state index contributed by atoms with van der Waals surface area (Å²) >= 11 is 0. The molecule has 0 unspecified atom stereocenters. The second kappa shape index (κ2) is 14.3. The van der Waals surface area contributed by atoms with E-state index in [2.05, 4.69) is 229 Å². The predicted octanol–water partition coefficient (Wildman–Crippen LogP) is 14.6. The first-order valence-electron chi connectivity index (χ1n) is 18.2. The fourth-order valence-corrected chi connectivity index (χ4v) is 7.47. The highest BCUT2D eigenvalue weighted by Gasteiger charge is 2.17. The van der Waals surface area contributed by atoms with E-state index in [1.807, 2.05) is 0 Å². The van der Waals surface area contributed by atoms with Crippen LogP contribution >= 0.6 is 0 Å². The molecule has 0 fully saturated rings. The molecule has 53 heavy (non-hydrogen) atoms. The lowest BCUT2D eigenvalue weighted by Gasteiger charge is -2.27. The molecule has 9 aromatic carbocycles. The Balaban J connectivity index is 1.16. The van der Waals surface area contributed by atoms with Crippen molar-refractivity contribution in [1.82, 2.24) is 0 Å². The van der Waals surface area contributed by atoms with Crippen molar-refractivity contribution >= 4 is 27.8 Å². The van der Waals surface area contributed by atoms with E-state index in [0.717, 1.165) is 17.1 Å². The minimum absolute atomic E-state index is 1.09. The monoisotopic (exact) mass is 675 g/mol. The van der Waals surface area contributed by atoms with Crippen LogP contribution in [0, 0.1) is 0 Å². The molecule has 0 aliphatic carbocycles. The van der Waals surface area contributed by atoms with Gasteiger partial charge in [-0.1, -0.05) is 182 Å². The molecule has 0 aromatic heterocycles. The molecule has 0 bridgehead atoms. The van der Waals surface area contributed by atoms with Crippen molar-refractivity contribution in [3.05, 3.63) is 224 Å².